The normalized spacial score (nSPS) is 11.3. The molecule has 0 fully saturated rings. The fourth-order valence-corrected chi connectivity index (χ4v) is 3.56. The highest BCUT2D eigenvalue weighted by molar-refractivity contribution is 6.07. The monoisotopic (exact) mass is 367 g/mol. The van der Waals surface area contributed by atoms with Crippen LogP contribution in [0.4, 0.5) is 0 Å². The number of rotatable bonds is 3. The van der Waals surface area contributed by atoms with Crippen LogP contribution in [0, 0.1) is 0 Å². The topological polar surface area (TPSA) is 71.2 Å². The van der Waals surface area contributed by atoms with Crippen molar-refractivity contribution in [3.8, 4) is 22.6 Å². The van der Waals surface area contributed by atoms with Crippen molar-refractivity contribution in [3.05, 3.63) is 84.9 Å². The summed E-state index contributed by atoms with van der Waals surface area (Å²) < 4.78 is 1.94. The summed E-state index contributed by atoms with van der Waals surface area (Å²) in [5.41, 5.74) is 4.08. The predicted octanol–water partition coefficient (Wildman–Crippen LogP) is 4.71. The Labute approximate surface area is 161 Å². The van der Waals surface area contributed by atoms with Gasteiger partial charge in [0.05, 0.1) is 0 Å². The molecule has 2 N–H and O–H groups in total. The van der Waals surface area contributed by atoms with Crippen LogP contribution in [0.2, 0.25) is 0 Å². The minimum absolute atomic E-state index is 0.0362. The second-order valence-corrected chi connectivity index (χ2v) is 6.77. The lowest BCUT2D eigenvalue weighted by Crippen LogP contribution is -1.95. The van der Waals surface area contributed by atoms with Crippen molar-refractivity contribution in [1.29, 1.82) is 0 Å². The van der Waals surface area contributed by atoms with Crippen LogP contribution < -0.4 is 0 Å². The zero-order valence-electron chi connectivity index (χ0n) is 14.9. The van der Waals surface area contributed by atoms with Crippen molar-refractivity contribution in [2.75, 3.05) is 0 Å². The first-order valence-corrected chi connectivity index (χ1v) is 8.99. The molecule has 0 atom stereocenters. The van der Waals surface area contributed by atoms with Gasteiger partial charge >= 0.3 is 0 Å². The summed E-state index contributed by atoms with van der Waals surface area (Å²) in [6, 6.07) is 18.6. The Hall–Kier alpha value is -3.86. The summed E-state index contributed by atoms with van der Waals surface area (Å²) in [7, 11) is 0. The molecule has 0 aliphatic rings. The van der Waals surface area contributed by atoms with Gasteiger partial charge in [0.25, 0.3) is 0 Å². The summed E-state index contributed by atoms with van der Waals surface area (Å²) in [4.78, 5) is 8.28. The SMILES string of the molecule is Oc1c2cn(Cc3ccc(-c4ccccc4)cc3)cc2c(O)c2nccnc12. The Balaban J connectivity index is 1.51. The third-order valence-corrected chi connectivity index (χ3v) is 4.96. The first kappa shape index (κ1) is 16.3. The van der Waals surface area contributed by atoms with Crippen LogP contribution in [0.5, 0.6) is 11.5 Å². The van der Waals surface area contributed by atoms with E-state index in [-0.39, 0.29) is 11.5 Å². The molecule has 0 unspecified atom stereocenters. The van der Waals surface area contributed by atoms with E-state index in [1.165, 1.54) is 23.5 Å². The molecule has 0 amide bonds. The van der Waals surface area contributed by atoms with Gasteiger partial charge in [0, 0.05) is 42.1 Å². The molecule has 5 rings (SSSR count). The number of aromatic nitrogens is 3. The molecular formula is C23H17N3O2. The molecular weight excluding hydrogens is 350 g/mol. The summed E-state index contributed by atoms with van der Waals surface area (Å²) in [5.74, 6) is 0.0724. The second kappa shape index (κ2) is 6.39. The highest BCUT2D eigenvalue weighted by Crippen LogP contribution is 2.39. The zero-order valence-corrected chi connectivity index (χ0v) is 14.9. The Morgan fingerprint density at radius 2 is 1.21 bits per heavy atom. The molecule has 0 aliphatic heterocycles. The van der Waals surface area contributed by atoms with Gasteiger partial charge in [0.1, 0.15) is 11.0 Å². The van der Waals surface area contributed by atoms with E-state index in [9.17, 15) is 10.2 Å². The summed E-state index contributed by atoms with van der Waals surface area (Å²) in [6.07, 6.45) is 6.64. The van der Waals surface area contributed by atoms with Gasteiger partial charge < -0.3 is 14.8 Å². The van der Waals surface area contributed by atoms with Gasteiger partial charge in [-0.3, -0.25) is 0 Å². The quantitative estimate of drug-likeness (QED) is 0.453. The molecule has 0 bridgehead atoms. The van der Waals surface area contributed by atoms with E-state index >= 15 is 0 Å². The van der Waals surface area contributed by atoms with Crippen molar-refractivity contribution in [2.24, 2.45) is 0 Å². The highest BCUT2D eigenvalue weighted by Gasteiger charge is 2.16. The average Bonchev–Trinajstić information content (AvgIpc) is 3.17. The number of benzene rings is 3. The lowest BCUT2D eigenvalue weighted by atomic mass is 10.0. The standard InChI is InChI=1S/C23H17N3O2/c27-22-18-13-26(14-19(18)23(28)21-20(22)24-10-11-25-21)12-15-6-8-17(9-7-15)16-4-2-1-3-5-16/h1-11,13-14,27-28H,12H2. The number of phenolic OH excluding ortho intramolecular Hbond substituents is 2. The Morgan fingerprint density at radius 3 is 1.79 bits per heavy atom. The van der Waals surface area contributed by atoms with Crippen LogP contribution in [-0.2, 0) is 6.54 Å². The molecule has 0 aliphatic carbocycles. The number of fused-ring (bicyclic) bond motifs is 2. The fourth-order valence-electron chi connectivity index (χ4n) is 3.56. The average molecular weight is 367 g/mol. The summed E-state index contributed by atoms with van der Waals surface area (Å²) >= 11 is 0. The first-order chi connectivity index (χ1) is 13.7. The molecule has 3 aromatic carbocycles. The summed E-state index contributed by atoms with van der Waals surface area (Å²) in [6.45, 7) is 0.625. The molecule has 0 radical (unpaired) electrons. The largest absolute Gasteiger partial charge is 0.505 e. The van der Waals surface area contributed by atoms with E-state index in [2.05, 4.69) is 46.4 Å². The number of phenols is 2. The zero-order chi connectivity index (χ0) is 19.1. The molecule has 2 heterocycles. The van der Waals surface area contributed by atoms with E-state index in [1.807, 2.05) is 35.2 Å². The van der Waals surface area contributed by atoms with Gasteiger partial charge in [-0.05, 0) is 16.7 Å². The van der Waals surface area contributed by atoms with E-state index in [0.717, 1.165) is 5.56 Å². The number of nitrogens with zero attached hydrogens (tertiary/aromatic N) is 3. The molecule has 5 aromatic rings. The van der Waals surface area contributed by atoms with Gasteiger partial charge in [0.2, 0.25) is 0 Å². The maximum absolute atomic E-state index is 10.5. The molecule has 0 saturated carbocycles. The second-order valence-electron chi connectivity index (χ2n) is 6.77. The van der Waals surface area contributed by atoms with Gasteiger partial charge in [-0.2, -0.15) is 0 Å². The molecule has 5 nitrogen and oxygen atoms in total. The van der Waals surface area contributed by atoms with Crippen LogP contribution >= 0.6 is 0 Å². The Morgan fingerprint density at radius 1 is 0.679 bits per heavy atom. The third kappa shape index (κ3) is 2.65. The number of hydrogen-bond donors (Lipinski definition) is 2. The minimum atomic E-state index is 0.0362. The van der Waals surface area contributed by atoms with Gasteiger partial charge in [-0.25, -0.2) is 9.97 Å². The molecule has 5 heteroatoms. The predicted molar refractivity (Wildman–Crippen MR) is 109 cm³/mol. The van der Waals surface area contributed by atoms with E-state index in [1.54, 1.807) is 0 Å². The van der Waals surface area contributed by atoms with Crippen LogP contribution in [-0.4, -0.2) is 24.7 Å². The van der Waals surface area contributed by atoms with Gasteiger partial charge in [0.15, 0.2) is 11.5 Å². The van der Waals surface area contributed by atoms with Gasteiger partial charge in [-0.15, -0.1) is 0 Å². The minimum Gasteiger partial charge on any atom is -0.505 e. The van der Waals surface area contributed by atoms with E-state index in [4.69, 9.17) is 0 Å². The Bertz CT molecular complexity index is 1230. The van der Waals surface area contributed by atoms with Crippen molar-refractivity contribution in [3.63, 3.8) is 0 Å². The van der Waals surface area contributed by atoms with Crippen molar-refractivity contribution >= 4 is 21.8 Å². The fraction of sp³-hybridized carbons (Fsp3) is 0.0435. The van der Waals surface area contributed by atoms with E-state index in [0.29, 0.717) is 28.4 Å². The molecule has 2 aromatic heterocycles. The van der Waals surface area contributed by atoms with Crippen LogP contribution in [0.1, 0.15) is 5.56 Å². The van der Waals surface area contributed by atoms with E-state index < -0.39 is 0 Å². The smallest absolute Gasteiger partial charge is 0.153 e. The van der Waals surface area contributed by atoms with Crippen molar-refractivity contribution in [2.45, 2.75) is 6.54 Å². The van der Waals surface area contributed by atoms with Crippen LogP contribution in [0.25, 0.3) is 32.9 Å². The maximum atomic E-state index is 10.5. The van der Waals surface area contributed by atoms with Crippen molar-refractivity contribution in [1.82, 2.24) is 14.5 Å². The third-order valence-electron chi connectivity index (χ3n) is 4.96. The van der Waals surface area contributed by atoms with Crippen molar-refractivity contribution < 1.29 is 10.2 Å². The number of aromatic hydroxyl groups is 2. The first-order valence-electron chi connectivity index (χ1n) is 8.99. The molecule has 0 saturated heterocycles. The van der Waals surface area contributed by atoms with Crippen LogP contribution in [0.3, 0.4) is 0 Å². The van der Waals surface area contributed by atoms with Gasteiger partial charge in [-0.1, -0.05) is 54.6 Å². The number of hydrogen-bond acceptors (Lipinski definition) is 4. The molecule has 0 spiro atoms. The summed E-state index contributed by atoms with van der Waals surface area (Å²) in [5, 5.41) is 22.2. The van der Waals surface area contributed by atoms with Crippen LogP contribution in [0.15, 0.2) is 79.4 Å². The molecule has 136 valence electrons. The lowest BCUT2D eigenvalue weighted by molar-refractivity contribution is 0.476. The Kier molecular flexibility index (Phi) is 3.72. The molecule has 28 heavy (non-hydrogen) atoms. The maximum Gasteiger partial charge on any atom is 0.153 e. The highest BCUT2D eigenvalue weighted by atomic mass is 16.3. The lowest BCUT2D eigenvalue weighted by Gasteiger charge is -2.05.